The van der Waals surface area contributed by atoms with E-state index in [-0.39, 0.29) is 5.56 Å². The van der Waals surface area contributed by atoms with Crippen LogP contribution in [-0.2, 0) is 10.1 Å². The van der Waals surface area contributed by atoms with Gasteiger partial charge in [0.15, 0.2) is 33.9 Å². The van der Waals surface area contributed by atoms with Crippen LogP contribution in [-0.4, -0.2) is 18.8 Å². The quantitative estimate of drug-likeness (QED) is 0.393. The summed E-state index contributed by atoms with van der Waals surface area (Å²) in [6, 6.07) is 5.03. The average Bonchev–Trinajstić information content (AvgIpc) is 2.52. The van der Waals surface area contributed by atoms with Crippen LogP contribution < -0.4 is 0 Å². The molecule has 2 aromatic rings. The Balaban J connectivity index is 2.71. The van der Waals surface area contributed by atoms with Crippen molar-refractivity contribution in [3.63, 3.8) is 0 Å². The number of benzene rings is 2. The Morgan fingerprint density at radius 2 is 1.42 bits per heavy atom. The van der Waals surface area contributed by atoms with Gasteiger partial charge in [-0.05, 0) is 5.56 Å². The molecular weight excluding hydrogens is 352 g/mol. The molecule has 4 nitrogen and oxygen atoms in total. The number of carbonyl (C=O) groups is 1. The van der Waals surface area contributed by atoms with E-state index in [1.165, 1.54) is 18.2 Å². The van der Waals surface area contributed by atoms with Crippen molar-refractivity contribution in [1.82, 2.24) is 0 Å². The van der Waals surface area contributed by atoms with Crippen LogP contribution in [0.3, 0.4) is 0 Å². The predicted molar refractivity (Wildman–Crippen MR) is 76.1 cm³/mol. The van der Waals surface area contributed by atoms with Gasteiger partial charge in [-0.3, -0.25) is 9.35 Å². The van der Waals surface area contributed by atoms with Crippen molar-refractivity contribution in [2.45, 2.75) is 4.90 Å². The van der Waals surface area contributed by atoms with E-state index < -0.39 is 49.6 Å². The molecule has 0 atom stereocenters. The Kier molecular flexibility index (Phi) is 4.59. The van der Waals surface area contributed by atoms with Gasteiger partial charge in [-0.15, -0.1) is 0 Å². The number of hydrogen-bond acceptors (Lipinski definition) is 3. The first kappa shape index (κ1) is 17.8. The average molecular weight is 360 g/mol. The zero-order valence-electron chi connectivity index (χ0n) is 11.7. The zero-order valence-corrected chi connectivity index (χ0v) is 12.5. The van der Waals surface area contributed by atoms with Crippen LogP contribution in [0, 0.1) is 23.3 Å². The third kappa shape index (κ3) is 2.95. The van der Waals surface area contributed by atoms with E-state index in [0.717, 1.165) is 12.1 Å². The third-order valence-corrected chi connectivity index (χ3v) is 3.99. The fourth-order valence-corrected chi connectivity index (χ4v) is 2.58. The molecule has 1 N–H and O–H groups in total. The molecule has 126 valence electrons. The molecule has 0 amide bonds. The van der Waals surface area contributed by atoms with Crippen molar-refractivity contribution in [3.8, 4) is 0 Å². The molecule has 0 aliphatic carbocycles. The highest BCUT2D eigenvalue weighted by atomic mass is 32.2. The smallest absolute Gasteiger partial charge is 0.288 e. The molecule has 2 aromatic carbocycles. The first-order chi connectivity index (χ1) is 11.1. The summed E-state index contributed by atoms with van der Waals surface area (Å²) in [5.74, 6) is -10.6. The molecule has 0 bridgehead atoms. The van der Waals surface area contributed by atoms with E-state index in [9.17, 15) is 30.8 Å². The van der Waals surface area contributed by atoms with Gasteiger partial charge in [-0.2, -0.15) is 8.42 Å². The highest BCUT2D eigenvalue weighted by molar-refractivity contribution is 7.85. The lowest BCUT2D eigenvalue weighted by Crippen LogP contribution is -2.16. The van der Waals surface area contributed by atoms with Crippen LogP contribution in [0.25, 0.3) is 6.08 Å². The summed E-state index contributed by atoms with van der Waals surface area (Å²) in [6.45, 7) is 3.46. The van der Waals surface area contributed by atoms with Crippen LogP contribution in [0.5, 0.6) is 0 Å². The van der Waals surface area contributed by atoms with Crippen LogP contribution in [0.2, 0.25) is 0 Å². The molecule has 0 saturated carbocycles. The molecule has 0 unspecified atom stereocenters. The Morgan fingerprint density at radius 1 is 0.958 bits per heavy atom. The molecule has 24 heavy (non-hydrogen) atoms. The van der Waals surface area contributed by atoms with Gasteiger partial charge in [-0.1, -0.05) is 36.9 Å². The Bertz CT molecular complexity index is 921. The number of rotatable bonds is 4. The van der Waals surface area contributed by atoms with E-state index in [1.54, 1.807) is 0 Å². The zero-order chi connectivity index (χ0) is 18.2. The van der Waals surface area contributed by atoms with Crippen LogP contribution in [0.4, 0.5) is 17.6 Å². The van der Waals surface area contributed by atoms with Crippen molar-refractivity contribution in [1.29, 1.82) is 0 Å². The fourth-order valence-electron chi connectivity index (χ4n) is 1.95. The second-order valence-corrected chi connectivity index (χ2v) is 5.95. The number of halogens is 4. The van der Waals surface area contributed by atoms with Crippen molar-refractivity contribution >= 4 is 22.0 Å². The summed E-state index contributed by atoms with van der Waals surface area (Å²) >= 11 is 0. The molecule has 0 aromatic heterocycles. The second kappa shape index (κ2) is 6.17. The molecule has 0 aliphatic heterocycles. The van der Waals surface area contributed by atoms with Gasteiger partial charge in [0.05, 0.1) is 0 Å². The van der Waals surface area contributed by atoms with Crippen molar-refractivity contribution in [3.05, 3.63) is 70.8 Å². The first-order valence-corrected chi connectivity index (χ1v) is 7.64. The first-order valence-electron chi connectivity index (χ1n) is 6.20. The van der Waals surface area contributed by atoms with E-state index >= 15 is 0 Å². The maximum atomic E-state index is 13.9. The van der Waals surface area contributed by atoms with E-state index in [1.807, 2.05) is 0 Å². The monoisotopic (exact) mass is 360 g/mol. The minimum absolute atomic E-state index is 0.295. The van der Waals surface area contributed by atoms with Crippen LogP contribution >= 0.6 is 0 Å². The molecule has 9 heteroatoms. The van der Waals surface area contributed by atoms with Crippen molar-refractivity contribution in [2.24, 2.45) is 0 Å². The van der Waals surface area contributed by atoms with Gasteiger partial charge in [0.1, 0.15) is 5.56 Å². The third-order valence-electron chi connectivity index (χ3n) is 3.12. The molecular formula is C15H8F4O4S. The minimum Gasteiger partial charge on any atom is -0.288 e. The normalized spacial score (nSPS) is 11.4. The summed E-state index contributed by atoms with van der Waals surface area (Å²) in [6.07, 6.45) is 1.43. The molecule has 0 fully saturated rings. The molecule has 0 heterocycles. The summed E-state index contributed by atoms with van der Waals surface area (Å²) < 4.78 is 85.6. The van der Waals surface area contributed by atoms with Gasteiger partial charge in [-0.25, -0.2) is 17.6 Å². The van der Waals surface area contributed by atoms with E-state index in [4.69, 9.17) is 4.55 Å². The highest BCUT2D eigenvalue weighted by Crippen LogP contribution is 2.29. The van der Waals surface area contributed by atoms with Crippen LogP contribution in [0.15, 0.2) is 35.7 Å². The fraction of sp³-hybridized carbons (Fsp3) is 0. The number of hydrogen-bond donors (Lipinski definition) is 1. The standard InChI is InChI=1S/C15H8F4O4S/c1-2-7-3-5-8(6-4-7)14(20)9-10(16)12(18)15(24(21,22)23)13(19)11(9)17/h2-6H,1H2,(H,21,22,23). The van der Waals surface area contributed by atoms with Gasteiger partial charge >= 0.3 is 10.1 Å². The SMILES string of the molecule is C=Cc1ccc(C(=O)c2c(F)c(F)c(S(=O)(=O)O)c(F)c2F)cc1. The number of ketones is 1. The van der Waals surface area contributed by atoms with E-state index in [2.05, 4.69) is 6.58 Å². The summed E-state index contributed by atoms with van der Waals surface area (Å²) in [4.78, 5) is 9.90. The van der Waals surface area contributed by atoms with Gasteiger partial charge in [0.25, 0.3) is 0 Å². The van der Waals surface area contributed by atoms with Gasteiger partial charge < -0.3 is 0 Å². The predicted octanol–water partition coefficient (Wildman–Crippen LogP) is 3.36. The Labute approximate surface area is 133 Å². The lowest BCUT2D eigenvalue weighted by Gasteiger charge is -2.10. The lowest BCUT2D eigenvalue weighted by molar-refractivity contribution is 0.102. The largest absolute Gasteiger partial charge is 0.300 e. The summed E-state index contributed by atoms with van der Waals surface area (Å²) in [7, 11) is -5.58. The topological polar surface area (TPSA) is 71.4 Å². The summed E-state index contributed by atoms with van der Waals surface area (Å²) in [5.41, 5.74) is -1.33. The lowest BCUT2D eigenvalue weighted by atomic mass is 10.0. The molecule has 0 aliphatic rings. The molecule has 0 radical (unpaired) electrons. The molecule has 2 rings (SSSR count). The minimum atomic E-state index is -5.58. The molecule has 0 spiro atoms. The Morgan fingerprint density at radius 3 is 1.79 bits per heavy atom. The number of carbonyl (C=O) groups excluding carboxylic acids is 1. The van der Waals surface area contributed by atoms with Crippen LogP contribution in [0.1, 0.15) is 21.5 Å². The van der Waals surface area contributed by atoms with Crippen molar-refractivity contribution in [2.75, 3.05) is 0 Å². The van der Waals surface area contributed by atoms with Gasteiger partial charge in [0.2, 0.25) is 0 Å². The van der Waals surface area contributed by atoms with E-state index in [0.29, 0.717) is 5.56 Å². The second-order valence-electron chi connectivity index (χ2n) is 4.59. The van der Waals surface area contributed by atoms with Crippen molar-refractivity contribution < 1.29 is 35.3 Å². The Hall–Kier alpha value is -2.52. The highest BCUT2D eigenvalue weighted by Gasteiger charge is 2.34. The summed E-state index contributed by atoms with van der Waals surface area (Å²) in [5, 5.41) is 0. The maximum absolute atomic E-state index is 13.9. The maximum Gasteiger partial charge on any atom is 0.300 e. The molecule has 0 saturated heterocycles. The van der Waals surface area contributed by atoms with Gasteiger partial charge in [0, 0.05) is 5.56 Å².